The van der Waals surface area contributed by atoms with Crippen molar-refractivity contribution in [2.45, 2.75) is 102 Å². The van der Waals surface area contributed by atoms with Gasteiger partial charge >= 0.3 is 6.16 Å². The Hall–Kier alpha value is -0.320. The lowest BCUT2D eigenvalue weighted by molar-refractivity contribution is -0.499. The molecule has 8 nitrogen and oxygen atoms in total. The maximum absolute atomic E-state index is 6.11. The predicted molar refractivity (Wildman–Crippen MR) is 132 cm³/mol. The Labute approximate surface area is 197 Å². The zero-order chi connectivity index (χ0) is 23.6. The van der Waals surface area contributed by atoms with Crippen molar-refractivity contribution >= 4 is 0 Å². The third-order valence-electron chi connectivity index (χ3n) is 5.26. The summed E-state index contributed by atoms with van der Waals surface area (Å²) in [6.07, 6.45) is 13.9. The summed E-state index contributed by atoms with van der Waals surface area (Å²) in [5.74, 6) is 0. The molecule has 0 fully saturated rings. The van der Waals surface area contributed by atoms with Crippen LogP contribution in [0.5, 0.6) is 0 Å². The lowest BCUT2D eigenvalue weighted by atomic mass is 10.2. The molecule has 32 heavy (non-hydrogen) atoms. The largest absolute Gasteiger partial charge is 0.412 e. The summed E-state index contributed by atoms with van der Waals surface area (Å²) in [6, 6.07) is 0. The van der Waals surface area contributed by atoms with Crippen molar-refractivity contribution in [1.82, 2.24) is 0 Å². The minimum atomic E-state index is -1.42. The molecule has 0 atom stereocenters. The Morgan fingerprint density at radius 1 is 0.312 bits per heavy atom. The Morgan fingerprint density at radius 3 is 0.781 bits per heavy atom. The van der Waals surface area contributed by atoms with E-state index in [9.17, 15) is 0 Å². The van der Waals surface area contributed by atoms with Gasteiger partial charge in [0.15, 0.2) is 0 Å². The molecule has 0 aliphatic carbocycles. The second kappa shape index (κ2) is 25.3. The summed E-state index contributed by atoms with van der Waals surface area (Å²) in [5, 5.41) is 0. The van der Waals surface area contributed by atoms with E-state index in [1.54, 1.807) is 0 Å². The average Bonchev–Trinajstić information content (AvgIpc) is 2.80. The van der Waals surface area contributed by atoms with E-state index in [4.69, 9.17) is 41.9 Å². The van der Waals surface area contributed by atoms with Gasteiger partial charge in [0.25, 0.3) is 0 Å². The zero-order valence-electron chi connectivity index (χ0n) is 20.7. The molecule has 0 unspecified atom stereocenters. The second-order valence-electron chi connectivity index (χ2n) is 8.35. The lowest BCUT2D eigenvalue weighted by Gasteiger charge is -2.32. The molecule has 0 aromatic carbocycles. The van der Waals surface area contributed by atoms with Crippen LogP contribution >= 0.6 is 0 Å². The first-order valence-electron chi connectivity index (χ1n) is 13.1. The highest BCUT2D eigenvalue weighted by Gasteiger charge is 2.35. The number of hydrogen-bond donors (Lipinski definition) is 4. The van der Waals surface area contributed by atoms with E-state index in [0.29, 0.717) is 33.0 Å². The SMILES string of the molecule is NCCCCCCOC(OCCCCCN)(OCCCCCCN)OCCCCCCN. The fraction of sp³-hybridized carbons (Fsp3) is 1.00. The summed E-state index contributed by atoms with van der Waals surface area (Å²) in [4.78, 5) is 0. The summed E-state index contributed by atoms with van der Waals surface area (Å²) in [7, 11) is 0. The Bertz CT molecular complexity index is 324. The van der Waals surface area contributed by atoms with Gasteiger partial charge in [-0.05, 0) is 84.0 Å². The van der Waals surface area contributed by atoms with Gasteiger partial charge in [-0.15, -0.1) is 0 Å². The van der Waals surface area contributed by atoms with E-state index < -0.39 is 6.16 Å². The van der Waals surface area contributed by atoms with Crippen LogP contribution in [0.25, 0.3) is 0 Å². The molecule has 0 rings (SSSR count). The van der Waals surface area contributed by atoms with Gasteiger partial charge in [-0.3, -0.25) is 0 Å². The first-order valence-corrected chi connectivity index (χ1v) is 13.1. The standard InChI is InChI=1S/C24H54N4O4/c25-16-8-1-4-12-20-29-24(32-23-15-7-11-19-28,30-21-13-5-2-9-17-26)31-22-14-6-3-10-18-27/h1-23,25-28H2. The molecule has 0 bridgehead atoms. The monoisotopic (exact) mass is 462 g/mol. The van der Waals surface area contributed by atoms with Crippen LogP contribution in [0.3, 0.4) is 0 Å². The highest BCUT2D eigenvalue weighted by molar-refractivity contribution is 4.52. The van der Waals surface area contributed by atoms with Crippen LogP contribution < -0.4 is 22.9 Å². The van der Waals surface area contributed by atoms with Crippen LogP contribution in [0.15, 0.2) is 0 Å². The van der Waals surface area contributed by atoms with Crippen molar-refractivity contribution in [2.24, 2.45) is 22.9 Å². The van der Waals surface area contributed by atoms with E-state index in [-0.39, 0.29) is 0 Å². The number of unbranched alkanes of at least 4 members (excludes halogenated alkanes) is 11. The molecule has 194 valence electrons. The van der Waals surface area contributed by atoms with E-state index in [0.717, 1.165) is 116 Å². The van der Waals surface area contributed by atoms with Gasteiger partial charge in [-0.25, -0.2) is 0 Å². The minimum absolute atomic E-state index is 0.521. The van der Waals surface area contributed by atoms with E-state index in [2.05, 4.69) is 0 Å². The highest BCUT2D eigenvalue weighted by Crippen LogP contribution is 2.22. The van der Waals surface area contributed by atoms with Crippen LogP contribution in [0.1, 0.15) is 96.3 Å². The van der Waals surface area contributed by atoms with Gasteiger partial charge < -0.3 is 41.9 Å². The van der Waals surface area contributed by atoms with E-state index in [1.165, 1.54) is 0 Å². The molecule has 0 saturated heterocycles. The predicted octanol–water partition coefficient (Wildman–Crippen LogP) is 3.35. The first-order chi connectivity index (χ1) is 15.7. The number of nitrogens with two attached hydrogens (primary N) is 4. The van der Waals surface area contributed by atoms with Crippen molar-refractivity contribution in [3.8, 4) is 0 Å². The fourth-order valence-corrected chi connectivity index (χ4v) is 3.26. The lowest BCUT2D eigenvalue weighted by Crippen LogP contribution is -2.43. The van der Waals surface area contributed by atoms with E-state index >= 15 is 0 Å². The van der Waals surface area contributed by atoms with Gasteiger partial charge in [-0.2, -0.15) is 0 Å². The van der Waals surface area contributed by atoms with Crippen molar-refractivity contribution in [2.75, 3.05) is 52.6 Å². The normalized spacial score (nSPS) is 12.0. The highest BCUT2D eigenvalue weighted by atomic mass is 17.0. The molecule has 0 aliphatic heterocycles. The molecule has 8 heteroatoms. The summed E-state index contributed by atoms with van der Waals surface area (Å²) < 4.78 is 24.4. The molecule has 0 aromatic heterocycles. The Morgan fingerprint density at radius 2 is 0.531 bits per heavy atom. The van der Waals surface area contributed by atoms with Crippen molar-refractivity contribution in [3.05, 3.63) is 0 Å². The quantitative estimate of drug-likeness (QED) is 0.108. The molecular weight excluding hydrogens is 408 g/mol. The number of ether oxygens (including phenoxy) is 4. The third-order valence-corrected chi connectivity index (χ3v) is 5.26. The van der Waals surface area contributed by atoms with Crippen LogP contribution in [0.2, 0.25) is 0 Å². The smallest absolute Gasteiger partial charge is 0.330 e. The number of rotatable bonds is 27. The molecule has 0 aliphatic rings. The molecule has 0 spiro atoms. The number of hydrogen-bond acceptors (Lipinski definition) is 8. The molecule has 0 heterocycles. The third kappa shape index (κ3) is 20.3. The average molecular weight is 463 g/mol. The van der Waals surface area contributed by atoms with Crippen LogP contribution in [-0.2, 0) is 18.9 Å². The minimum Gasteiger partial charge on any atom is -0.330 e. The van der Waals surface area contributed by atoms with Crippen molar-refractivity contribution < 1.29 is 18.9 Å². The molecule has 8 N–H and O–H groups in total. The van der Waals surface area contributed by atoms with Gasteiger partial charge in [-0.1, -0.05) is 38.5 Å². The first kappa shape index (κ1) is 31.7. The summed E-state index contributed by atoms with van der Waals surface area (Å²) in [6.45, 7) is 5.03. The van der Waals surface area contributed by atoms with Crippen LogP contribution in [-0.4, -0.2) is 58.8 Å². The maximum atomic E-state index is 6.11. The van der Waals surface area contributed by atoms with Crippen molar-refractivity contribution in [1.29, 1.82) is 0 Å². The molecule has 0 saturated carbocycles. The van der Waals surface area contributed by atoms with Crippen molar-refractivity contribution in [3.63, 3.8) is 0 Å². The van der Waals surface area contributed by atoms with Gasteiger partial charge in [0, 0.05) is 0 Å². The summed E-state index contributed by atoms with van der Waals surface area (Å²) in [5.41, 5.74) is 22.4. The van der Waals surface area contributed by atoms with Crippen LogP contribution in [0.4, 0.5) is 0 Å². The summed E-state index contributed by atoms with van der Waals surface area (Å²) >= 11 is 0. The van der Waals surface area contributed by atoms with Gasteiger partial charge in [0.2, 0.25) is 0 Å². The van der Waals surface area contributed by atoms with Gasteiger partial charge in [0.05, 0.1) is 26.4 Å². The zero-order valence-corrected chi connectivity index (χ0v) is 20.7. The molecule has 0 radical (unpaired) electrons. The maximum Gasteiger partial charge on any atom is 0.412 e. The Kier molecular flexibility index (Phi) is 25.1. The molecule has 0 aromatic rings. The van der Waals surface area contributed by atoms with E-state index in [1.807, 2.05) is 0 Å². The Balaban J connectivity index is 4.72. The van der Waals surface area contributed by atoms with Gasteiger partial charge in [0.1, 0.15) is 0 Å². The van der Waals surface area contributed by atoms with Crippen LogP contribution in [0, 0.1) is 0 Å². The molecular formula is C24H54N4O4. The fourth-order valence-electron chi connectivity index (χ4n) is 3.26. The molecule has 0 amide bonds. The second-order valence-corrected chi connectivity index (χ2v) is 8.35. The topological polar surface area (TPSA) is 141 Å².